The number of aryl methyl sites for hydroxylation is 1. The van der Waals surface area contributed by atoms with E-state index in [1.807, 2.05) is 17.7 Å². The Balaban J connectivity index is 2.19. The molecule has 0 amide bonds. The molecule has 0 saturated carbocycles. The molecular weight excluding hydrogens is 298 g/mol. The fourth-order valence-electron chi connectivity index (χ4n) is 1.98. The monoisotopic (exact) mass is 307 g/mol. The van der Waals surface area contributed by atoms with Gasteiger partial charge in [0.1, 0.15) is 0 Å². The van der Waals surface area contributed by atoms with Crippen LogP contribution in [0.25, 0.3) is 21.7 Å². The van der Waals surface area contributed by atoms with E-state index in [-0.39, 0.29) is 0 Å². The fourth-order valence-corrected chi connectivity index (χ4v) is 3.35. The fraction of sp³-hybridized carbons (Fsp3) is 0.154. The predicted octanol–water partition coefficient (Wildman–Crippen LogP) is 3.14. The number of fused-ring (bicyclic) bond motifs is 1. The van der Waals surface area contributed by atoms with Crippen LogP contribution in [0.3, 0.4) is 0 Å². The molecule has 0 N–H and O–H groups in total. The average molecular weight is 308 g/mol. The van der Waals surface area contributed by atoms with Crippen LogP contribution in [-0.4, -0.2) is 27.6 Å². The number of aromatic nitrogens is 3. The molecule has 0 saturated heterocycles. The number of hydrogen-bond acceptors (Lipinski definition) is 5. The number of imidazole rings is 1. The lowest BCUT2D eigenvalue weighted by atomic mass is 10.3. The zero-order valence-corrected chi connectivity index (χ0v) is 12.3. The molecule has 0 fully saturated rings. The highest BCUT2D eigenvalue weighted by Gasteiger charge is 2.21. The summed E-state index contributed by atoms with van der Waals surface area (Å²) in [5.74, 6) is 0.260. The first kappa shape index (κ1) is 13.1. The van der Waals surface area contributed by atoms with Crippen LogP contribution < -0.4 is 0 Å². The maximum Gasteiger partial charge on any atom is 0.340 e. The average Bonchev–Trinajstić information content (AvgIpc) is 2.99. The summed E-state index contributed by atoms with van der Waals surface area (Å²) in [5.41, 5.74) is 2.10. The Bertz CT molecular complexity index is 809. The normalized spacial score (nSPS) is 10.9. The Morgan fingerprint density at radius 2 is 2.30 bits per heavy atom. The minimum Gasteiger partial charge on any atom is -0.465 e. The first-order chi connectivity index (χ1) is 9.63. The summed E-state index contributed by atoms with van der Waals surface area (Å²) in [5, 5.41) is 2.05. The standard InChI is InChI=1S/C13H10ClN3O2S/c1-17-9-5-15-4-3-8(9)16-12(17)11-10(14)7(6-20-11)13(18)19-2/h3-6H,1-2H3. The van der Waals surface area contributed by atoms with E-state index in [4.69, 9.17) is 16.3 Å². The summed E-state index contributed by atoms with van der Waals surface area (Å²) >= 11 is 7.64. The van der Waals surface area contributed by atoms with Crippen molar-refractivity contribution >= 4 is 39.9 Å². The van der Waals surface area contributed by atoms with Gasteiger partial charge in [-0.15, -0.1) is 11.3 Å². The first-order valence-electron chi connectivity index (χ1n) is 5.75. The van der Waals surface area contributed by atoms with Crippen LogP contribution in [0.2, 0.25) is 5.02 Å². The number of ether oxygens (including phenoxy) is 1. The van der Waals surface area contributed by atoms with Gasteiger partial charge < -0.3 is 9.30 Å². The molecule has 3 heterocycles. The van der Waals surface area contributed by atoms with Gasteiger partial charge in [0.25, 0.3) is 0 Å². The lowest BCUT2D eigenvalue weighted by Crippen LogP contribution is -2.00. The van der Waals surface area contributed by atoms with E-state index in [9.17, 15) is 4.79 Å². The Labute approximate surface area is 123 Å². The summed E-state index contributed by atoms with van der Waals surface area (Å²) in [6, 6.07) is 1.83. The van der Waals surface area contributed by atoms with E-state index in [1.54, 1.807) is 17.8 Å². The number of carbonyl (C=O) groups is 1. The van der Waals surface area contributed by atoms with Crippen molar-refractivity contribution in [1.29, 1.82) is 0 Å². The Hall–Kier alpha value is -1.92. The molecule has 0 aromatic carbocycles. The van der Waals surface area contributed by atoms with Crippen molar-refractivity contribution < 1.29 is 9.53 Å². The lowest BCUT2D eigenvalue weighted by molar-refractivity contribution is 0.0601. The summed E-state index contributed by atoms with van der Waals surface area (Å²) in [6.45, 7) is 0. The van der Waals surface area contributed by atoms with Gasteiger partial charge in [-0.2, -0.15) is 0 Å². The Morgan fingerprint density at radius 3 is 3.00 bits per heavy atom. The third kappa shape index (κ3) is 1.88. The quantitative estimate of drug-likeness (QED) is 0.683. The summed E-state index contributed by atoms with van der Waals surface area (Å²) in [6.07, 6.45) is 3.43. The van der Waals surface area contributed by atoms with Crippen molar-refractivity contribution in [1.82, 2.24) is 14.5 Å². The topological polar surface area (TPSA) is 57.0 Å². The van der Waals surface area contributed by atoms with Crippen LogP contribution in [0.4, 0.5) is 0 Å². The first-order valence-corrected chi connectivity index (χ1v) is 7.01. The minimum absolute atomic E-state index is 0.361. The van der Waals surface area contributed by atoms with Gasteiger partial charge >= 0.3 is 5.97 Å². The Kier molecular flexibility index (Phi) is 3.19. The number of pyridine rings is 1. The highest BCUT2D eigenvalue weighted by atomic mass is 35.5. The highest BCUT2D eigenvalue weighted by Crippen LogP contribution is 2.37. The van der Waals surface area contributed by atoms with Gasteiger partial charge in [0.15, 0.2) is 5.82 Å². The number of methoxy groups -OCH3 is 1. The van der Waals surface area contributed by atoms with Gasteiger partial charge in [0.05, 0.1) is 39.8 Å². The second kappa shape index (κ2) is 4.88. The zero-order valence-electron chi connectivity index (χ0n) is 10.8. The number of nitrogens with zero attached hydrogens (tertiary/aromatic N) is 3. The summed E-state index contributed by atoms with van der Waals surface area (Å²) in [4.78, 5) is 21.0. The van der Waals surface area contributed by atoms with Gasteiger partial charge in [0.2, 0.25) is 0 Å². The maximum atomic E-state index is 11.6. The van der Waals surface area contributed by atoms with Crippen molar-refractivity contribution in [3.8, 4) is 10.7 Å². The third-order valence-electron chi connectivity index (χ3n) is 3.02. The predicted molar refractivity (Wildman–Crippen MR) is 78.2 cm³/mol. The van der Waals surface area contributed by atoms with E-state index in [0.29, 0.717) is 16.4 Å². The zero-order chi connectivity index (χ0) is 14.3. The molecule has 0 aliphatic carbocycles. The number of esters is 1. The van der Waals surface area contributed by atoms with Crippen LogP contribution in [0.1, 0.15) is 10.4 Å². The SMILES string of the molecule is COC(=O)c1csc(-c2nc3ccncc3n2C)c1Cl. The molecular formula is C13H10ClN3O2S. The van der Waals surface area contributed by atoms with Crippen LogP contribution in [-0.2, 0) is 11.8 Å². The van der Waals surface area contributed by atoms with Gasteiger partial charge in [0, 0.05) is 18.6 Å². The molecule has 3 aromatic rings. The number of thiophene rings is 1. The van der Waals surface area contributed by atoms with E-state index in [2.05, 4.69) is 9.97 Å². The van der Waals surface area contributed by atoms with E-state index < -0.39 is 5.97 Å². The number of rotatable bonds is 2. The van der Waals surface area contributed by atoms with Crippen LogP contribution in [0, 0.1) is 0 Å². The van der Waals surface area contributed by atoms with Crippen molar-refractivity contribution in [2.45, 2.75) is 0 Å². The van der Waals surface area contributed by atoms with E-state index in [1.165, 1.54) is 18.4 Å². The second-order valence-corrected chi connectivity index (χ2v) is 5.40. The van der Waals surface area contributed by atoms with E-state index in [0.717, 1.165) is 15.9 Å². The van der Waals surface area contributed by atoms with Crippen LogP contribution in [0.15, 0.2) is 23.8 Å². The maximum absolute atomic E-state index is 11.6. The van der Waals surface area contributed by atoms with Crippen molar-refractivity contribution in [3.63, 3.8) is 0 Å². The molecule has 0 aliphatic rings. The molecule has 0 radical (unpaired) electrons. The number of carbonyl (C=O) groups excluding carboxylic acids is 1. The molecule has 5 nitrogen and oxygen atoms in total. The van der Waals surface area contributed by atoms with Crippen molar-refractivity contribution in [3.05, 3.63) is 34.4 Å². The molecule has 3 aromatic heterocycles. The third-order valence-corrected chi connectivity index (χ3v) is 4.50. The number of hydrogen-bond donors (Lipinski definition) is 0. The molecule has 0 bridgehead atoms. The molecule has 7 heteroatoms. The molecule has 3 rings (SSSR count). The summed E-state index contributed by atoms with van der Waals surface area (Å²) < 4.78 is 6.61. The lowest BCUT2D eigenvalue weighted by Gasteiger charge is -2.01. The molecule has 102 valence electrons. The van der Waals surface area contributed by atoms with Crippen LogP contribution >= 0.6 is 22.9 Å². The Morgan fingerprint density at radius 1 is 1.50 bits per heavy atom. The van der Waals surface area contributed by atoms with Gasteiger partial charge in [-0.1, -0.05) is 11.6 Å². The van der Waals surface area contributed by atoms with Crippen LogP contribution in [0.5, 0.6) is 0 Å². The summed E-state index contributed by atoms with van der Waals surface area (Å²) in [7, 11) is 3.22. The minimum atomic E-state index is -0.446. The molecule has 0 aliphatic heterocycles. The molecule has 0 unspecified atom stereocenters. The van der Waals surface area contributed by atoms with Gasteiger partial charge in [-0.25, -0.2) is 9.78 Å². The molecule has 0 spiro atoms. The van der Waals surface area contributed by atoms with Gasteiger partial charge in [-0.05, 0) is 6.07 Å². The van der Waals surface area contributed by atoms with Gasteiger partial charge in [-0.3, -0.25) is 4.98 Å². The van der Waals surface area contributed by atoms with Crippen molar-refractivity contribution in [2.24, 2.45) is 7.05 Å². The number of halogens is 1. The van der Waals surface area contributed by atoms with E-state index >= 15 is 0 Å². The molecule has 0 atom stereocenters. The highest BCUT2D eigenvalue weighted by molar-refractivity contribution is 7.14. The smallest absolute Gasteiger partial charge is 0.340 e. The largest absolute Gasteiger partial charge is 0.465 e. The molecule has 20 heavy (non-hydrogen) atoms. The van der Waals surface area contributed by atoms with Crippen molar-refractivity contribution in [2.75, 3.05) is 7.11 Å². The second-order valence-electron chi connectivity index (χ2n) is 4.14.